The van der Waals surface area contributed by atoms with E-state index in [9.17, 15) is 24.5 Å². The molecule has 1 N–H and O–H groups in total. The standard InChI is InChI=1S/C16H17N3O5/c1-9-5-6-12-13(7-9)16(22)18(15(12)21)17-14(20)10-3-2-4-11(8-10)19(23)24/h2-4,8-9,12-13H,5-7H2,1H3,(H,17,20)/t9-,12+,13+/m1/s1. The van der Waals surface area contributed by atoms with E-state index < -0.39 is 22.6 Å². The number of imide groups is 1. The summed E-state index contributed by atoms with van der Waals surface area (Å²) in [7, 11) is 0. The number of hydrogen-bond donors (Lipinski definition) is 1. The summed E-state index contributed by atoms with van der Waals surface area (Å²) in [4.78, 5) is 47.2. The molecule has 8 heteroatoms. The quantitative estimate of drug-likeness (QED) is 0.514. The van der Waals surface area contributed by atoms with Gasteiger partial charge in [0.2, 0.25) is 0 Å². The van der Waals surface area contributed by atoms with Crippen molar-refractivity contribution in [1.29, 1.82) is 0 Å². The number of benzene rings is 1. The summed E-state index contributed by atoms with van der Waals surface area (Å²) in [5.74, 6) is -1.89. The first-order valence-corrected chi connectivity index (χ1v) is 7.81. The Morgan fingerprint density at radius 2 is 1.96 bits per heavy atom. The van der Waals surface area contributed by atoms with Crippen molar-refractivity contribution in [3.8, 4) is 0 Å². The lowest BCUT2D eigenvalue weighted by atomic mass is 9.76. The van der Waals surface area contributed by atoms with Gasteiger partial charge in [-0.3, -0.25) is 29.9 Å². The molecule has 0 radical (unpaired) electrons. The van der Waals surface area contributed by atoms with Crippen molar-refractivity contribution in [3.05, 3.63) is 39.9 Å². The van der Waals surface area contributed by atoms with Crippen LogP contribution >= 0.6 is 0 Å². The number of non-ortho nitro benzene ring substituents is 1. The molecule has 0 aromatic heterocycles. The number of rotatable bonds is 3. The molecule has 0 bridgehead atoms. The Morgan fingerprint density at radius 3 is 2.67 bits per heavy atom. The third kappa shape index (κ3) is 2.75. The summed E-state index contributed by atoms with van der Waals surface area (Å²) in [6, 6.07) is 5.14. The van der Waals surface area contributed by atoms with Gasteiger partial charge < -0.3 is 0 Å². The van der Waals surface area contributed by atoms with Crippen LogP contribution in [0.1, 0.15) is 36.5 Å². The molecule has 24 heavy (non-hydrogen) atoms. The average molecular weight is 331 g/mol. The summed E-state index contributed by atoms with van der Waals surface area (Å²) in [5, 5.41) is 11.6. The predicted molar refractivity (Wildman–Crippen MR) is 82.4 cm³/mol. The smallest absolute Gasteiger partial charge is 0.270 e. The van der Waals surface area contributed by atoms with E-state index in [1.54, 1.807) is 0 Å². The number of fused-ring (bicyclic) bond motifs is 1. The normalized spacial score (nSPS) is 26.2. The van der Waals surface area contributed by atoms with Crippen LogP contribution in [-0.2, 0) is 9.59 Å². The van der Waals surface area contributed by atoms with Crippen molar-refractivity contribution in [3.63, 3.8) is 0 Å². The van der Waals surface area contributed by atoms with Crippen LogP contribution in [0.2, 0.25) is 0 Å². The Labute approximate surface area is 137 Å². The first kappa shape index (κ1) is 16.1. The minimum Gasteiger partial charge on any atom is -0.272 e. The third-order valence-corrected chi connectivity index (χ3v) is 4.72. The van der Waals surface area contributed by atoms with E-state index in [4.69, 9.17) is 0 Å². The van der Waals surface area contributed by atoms with Gasteiger partial charge in [-0.05, 0) is 31.2 Å². The molecular weight excluding hydrogens is 314 g/mol. The van der Waals surface area contributed by atoms with Crippen molar-refractivity contribution >= 4 is 23.4 Å². The van der Waals surface area contributed by atoms with Crippen LogP contribution in [0.15, 0.2) is 24.3 Å². The maximum atomic E-state index is 12.4. The zero-order valence-corrected chi connectivity index (χ0v) is 13.1. The van der Waals surface area contributed by atoms with E-state index >= 15 is 0 Å². The van der Waals surface area contributed by atoms with Gasteiger partial charge in [-0.1, -0.05) is 13.0 Å². The number of carbonyl (C=O) groups excluding carboxylic acids is 3. The van der Waals surface area contributed by atoms with Crippen LogP contribution < -0.4 is 5.43 Å². The van der Waals surface area contributed by atoms with E-state index in [2.05, 4.69) is 5.43 Å². The van der Waals surface area contributed by atoms with Crippen LogP contribution in [0.4, 0.5) is 5.69 Å². The number of nitrogens with one attached hydrogen (secondary N) is 1. The number of nitro benzene ring substituents is 1. The molecule has 2 aliphatic rings. The summed E-state index contributed by atoms with van der Waals surface area (Å²) in [6.07, 6.45) is 2.16. The number of hydrazine groups is 1. The van der Waals surface area contributed by atoms with Crippen molar-refractivity contribution in [2.75, 3.05) is 0 Å². The summed E-state index contributed by atoms with van der Waals surface area (Å²) in [6.45, 7) is 2.04. The monoisotopic (exact) mass is 331 g/mol. The molecule has 3 atom stereocenters. The minimum absolute atomic E-state index is 0.0213. The number of amides is 3. The number of hydrogen-bond acceptors (Lipinski definition) is 5. The van der Waals surface area contributed by atoms with Crippen molar-refractivity contribution in [2.45, 2.75) is 26.2 Å². The van der Waals surface area contributed by atoms with Gasteiger partial charge >= 0.3 is 0 Å². The molecule has 126 valence electrons. The minimum atomic E-state index is -0.716. The Bertz CT molecular complexity index is 732. The van der Waals surface area contributed by atoms with Gasteiger partial charge in [-0.15, -0.1) is 0 Å². The molecule has 1 heterocycles. The first-order chi connectivity index (χ1) is 11.4. The van der Waals surface area contributed by atoms with Gasteiger partial charge in [0.1, 0.15) is 0 Å². The highest BCUT2D eigenvalue weighted by atomic mass is 16.6. The molecule has 1 aliphatic heterocycles. The Morgan fingerprint density at radius 1 is 1.25 bits per heavy atom. The maximum Gasteiger partial charge on any atom is 0.270 e. The van der Waals surface area contributed by atoms with Crippen molar-refractivity contribution < 1.29 is 19.3 Å². The highest BCUT2D eigenvalue weighted by Gasteiger charge is 2.50. The maximum absolute atomic E-state index is 12.4. The number of nitro groups is 1. The van der Waals surface area contributed by atoms with Crippen LogP contribution in [-0.4, -0.2) is 27.7 Å². The van der Waals surface area contributed by atoms with Gasteiger partial charge in [0.25, 0.3) is 23.4 Å². The highest BCUT2D eigenvalue weighted by molar-refractivity contribution is 6.07. The zero-order valence-electron chi connectivity index (χ0n) is 13.1. The fourth-order valence-corrected chi connectivity index (χ4v) is 3.43. The molecule has 0 unspecified atom stereocenters. The SMILES string of the molecule is C[C@@H]1CC[C@@H]2C(=O)N(NC(=O)c3cccc([N+](=O)[O-])c3)C(=O)[C@H]2C1. The van der Waals surface area contributed by atoms with Gasteiger partial charge in [0, 0.05) is 17.7 Å². The van der Waals surface area contributed by atoms with E-state index in [-0.39, 0.29) is 23.1 Å². The lowest BCUT2D eigenvalue weighted by molar-refractivity contribution is -0.384. The van der Waals surface area contributed by atoms with Gasteiger partial charge in [0.05, 0.1) is 16.8 Å². The largest absolute Gasteiger partial charge is 0.272 e. The Balaban J connectivity index is 1.77. The second-order valence-corrected chi connectivity index (χ2v) is 6.39. The molecule has 1 aromatic rings. The fourth-order valence-electron chi connectivity index (χ4n) is 3.43. The Kier molecular flexibility index (Phi) is 4.04. The Hall–Kier alpha value is -2.77. The molecule has 1 aromatic carbocycles. The average Bonchev–Trinajstić information content (AvgIpc) is 2.79. The van der Waals surface area contributed by atoms with Gasteiger partial charge in [-0.2, -0.15) is 5.01 Å². The van der Waals surface area contributed by atoms with Crippen molar-refractivity contribution in [2.24, 2.45) is 17.8 Å². The summed E-state index contributed by atoms with van der Waals surface area (Å²) >= 11 is 0. The third-order valence-electron chi connectivity index (χ3n) is 4.72. The topological polar surface area (TPSA) is 110 Å². The number of nitrogens with zero attached hydrogens (tertiary/aromatic N) is 2. The second-order valence-electron chi connectivity index (χ2n) is 6.39. The van der Waals surface area contributed by atoms with E-state index in [1.807, 2.05) is 6.92 Å². The van der Waals surface area contributed by atoms with E-state index in [0.717, 1.165) is 17.5 Å². The molecule has 1 saturated heterocycles. The van der Waals surface area contributed by atoms with Crippen LogP contribution in [0.5, 0.6) is 0 Å². The molecular formula is C16H17N3O5. The molecule has 8 nitrogen and oxygen atoms in total. The molecule has 2 fully saturated rings. The summed E-state index contributed by atoms with van der Waals surface area (Å²) < 4.78 is 0. The molecule has 1 saturated carbocycles. The van der Waals surface area contributed by atoms with Gasteiger partial charge in [-0.25, -0.2) is 0 Å². The highest BCUT2D eigenvalue weighted by Crippen LogP contribution is 2.39. The first-order valence-electron chi connectivity index (χ1n) is 7.81. The summed E-state index contributed by atoms with van der Waals surface area (Å²) in [5.41, 5.74) is 2.09. The molecule has 0 spiro atoms. The van der Waals surface area contributed by atoms with Crippen LogP contribution in [0, 0.1) is 27.9 Å². The van der Waals surface area contributed by atoms with Crippen LogP contribution in [0.3, 0.4) is 0 Å². The molecule has 1 aliphatic carbocycles. The zero-order chi connectivity index (χ0) is 17.4. The molecule has 3 amide bonds. The van der Waals surface area contributed by atoms with Crippen molar-refractivity contribution in [1.82, 2.24) is 10.4 Å². The van der Waals surface area contributed by atoms with E-state index in [0.29, 0.717) is 18.8 Å². The second kappa shape index (κ2) is 6.03. The lowest BCUT2D eigenvalue weighted by Crippen LogP contribution is -2.46. The fraction of sp³-hybridized carbons (Fsp3) is 0.438. The predicted octanol–water partition coefficient (Wildman–Crippen LogP) is 1.66. The number of carbonyl (C=O) groups is 3. The molecule has 3 rings (SSSR count). The lowest BCUT2D eigenvalue weighted by Gasteiger charge is -2.25. The van der Waals surface area contributed by atoms with E-state index in [1.165, 1.54) is 18.2 Å². The van der Waals surface area contributed by atoms with Gasteiger partial charge in [0.15, 0.2) is 0 Å². The van der Waals surface area contributed by atoms with Crippen LogP contribution in [0.25, 0.3) is 0 Å².